The second-order valence-corrected chi connectivity index (χ2v) is 4.89. The Balaban J connectivity index is -0.00000220. The van der Waals surface area contributed by atoms with Gasteiger partial charge in [-0.3, -0.25) is 0 Å². The van der Waals surface area contributed by atoms with Gasteiger partial charge in [-0.2, -0.15) is 0 Å². The first-order chi connectivity index (χ1) is 10.5. The molecule has 0 heterocycles. The molecule has 0 aliphatic rings. The highest BCUT2D eigenvalue weighted by Gasteiger charge is 2.25. The number of carbonyl (C=O) groups is 2. The first-order valence-corrected chi connectivity index (χ1v) is 7.80. The van der Waals surface area contributed by atoms with E-state index in [1.807, 2.05) is 13.8 Å². The summed E-state index contributed by atoms with van der Waals surface area (Å²) in [5, 5.41) is 5.26. The topological polar surface area (TPSA) is 106 Å². The monoisotopic (exact) mass is 390 g/mol. The molecule has 2 atom stereocenters. The van der Waals surface area contributed by atoms with Gasteiger partial charge in [0.2, 0.25) is 0 Å². The number of nitrogens with zero attached hydrogens (tertiary/aromatic N) is 1. The van der Waals surface area contributed by atoms with Crippen LogP contribution in [-0.4, -0.2) is 55.7 Å². The van der Waals surface area contributed by atoms with Gasteiger partial charge in [0.25, 0.3) is 0 Å². The molecule has 0 bridgehead atoms. The fourth-order valence-corrected chi connectivity index (χ4v) is 1.79. The maximum Gasteiger partial charge on any atom is 0.408 e. The van der Waals surface area contributed by atoms with Crippen molar-refractivity contribution in [2.24, 2.45) is 5.73 Å². The number of ether oxygens (including phenoxy) is 2. The lowest BCUT2D eigenvalue weighted by Gasteiger charge is -2.32. The largest absolute Gasteiger partial charge is 0.430 e. The van der Waals surface area contributed by atoms with E-state index in [0.29, 0.717) is 26.2 Å². The number of alkyl carbamates (subject to hydrolysis) is 2. The van der Waals surface area contributed by atoms with Crippen LogP contribution in [0.1, 0.15) is 40.5 Å². The number of nitrogens with two attached hydrogens (primary N) is 1. The molecule has 0 aliphatic carbocycles. The number of nitrogens with one attached hydrogen (secondary N) is 2. The molecule has 24 heavy (non-hydrogen) atoms. The summed E-state index contributed by atoms with van der Waals surface area (Å²) in [5.41, 5.74) is 5.57. The molecule has 0 spiro atoms. The van der Waals surface area contributed by atoms with E-state index >= 15 is 0 Å². The Kier molecular flexibility index (Phi) is 19.6. The van der Waals surface area contributed by atoms with Crippen LogP contribution < -0.4 is 16.4 Å². The highest BCUT2D eigenvalue weighted by molar-refractivity contribution is 5.85. The molecule has 0 saturated heterocycles. The summed E-state index contributed by atoms with van der Waals surface area (Å²) in [6.45, 7) is 9.22. The van der Waals surface area contributed by atoms with Gasteiger partial charge in [0.05, 0.1) is 0 Å². The Morgan fingerprint density at radius 2 is 1.33 bits per heavy atom. The predicted octanol–water partition coefficient (Wildman–Crippen LogP) is 2.06. The summed E-state index contributed by atoms with van der Waals surface area (Å²) in [5.74, 6) is 0. The zero-order valence-electron chi connectivity index (χ0n) is 14.9. The normalized spacial score (nSPS) is 12.2. The Morgan fingerprint density at radius 1 is 0.958 bits per heavy atom. The van der Waals surface area contributed by atoms with Crippen LogP contribution in [0.15, 0.2) is 0 Å². The molecule has 0 aromatic heterocycles. The van der Waals surface area contributed by atoms with E-state index in [-0.39, 0.29) is 24.8 Å². The van der Waals surface area contributed by atoms with Crippen LogP contribution in [0.3, 0.4) is 0 Å². The van der Waals surface area contributed by atoms with Crippen LogP contribution in [-0.2, 0) is 9.47 Å². The Hall–Kier alpha value is -0.960. The highest BCUT2D eigenvalue weighted by Crippen LogP contribution is 2.08. The van der Waals surface area contributed by atoms with Gasteiger partial charge < -0.3 is 25.8 Å². The minimum Gasteiger partial charge on any atom is -0.430 e. The molecule has 0 radical (unpaired) electrons. The first-order valence-electron chi connectivity index (χ1n) is 7.80. The van der Waals surface area contributed by atoms with Crippen LogP contribution in [0.4, 0.5) is 9.59 Å². The zero-order valence-corrected chi connectivity index (χ0v) is 16.5. The van der Waals surface area contributed by atoms with Gasteiger partial charge in [-0.15, -0.1) is 24.8 Å². The van der Waals surface area contributed by atoms with Gasteiger partial charge in [0.15, 0.2) is 12.5 Å². The average Bonchev–Trinajstić information content (AvgIpc) is 2.48. The van der Waals surface area contributed by atoms with Gasteiger partial charge in [-0.1, -0.05) is 13.8 Å². The third kappa shape index (κ3) is 12.5. The quantitative estimate of drug-likeness (QED) is 0.492. The van der Waals surface area contributed by atoms with Crippen LogP contribution in [0.2, 0.25) is 0 Å². The molecular weight excluding hydrogens is 359 g/mol. The molecule has 0 aromatic carbocycles. The smallest absolute Gasteiger partial charge is 0.408 e. The van der Waals surface area contributed by atoms with Crippen molar-refractivity contribution >= 4 is 37.0 Å². The SMILES string of the molecule is CCCNC(=O)OC(C)N(CCN)C(C)OC(=O)NCCC.Cl.Cl. The van der Waals surface area contributed by atoms with Gasteiger partial charge in [-0.05, 0) is 26.7 Å². The maximum absolute atomic E-state index is 11.6. The van der Waals surface area contributed by atoms with Crippen molar-refractivity contribution in [3.63, 3.8) is 0 Å². The Labute approximate surface area is 157 Å². The molecule has 2 unspecified atom stereocenters. The van der Waals surface area contributed by atoms with E-state index in [1.165, 1.54) is 0 Å². The summed E-state index contributed by atoms with van der Waals surface area (Å²) in [7, 11) is 0. The lowest BCUT2D eigenvalue weighted by Crippen LogP contribution is -2.49. The second kappa shape index (κ2) is 16.9. The van der Waals surface area contributed by atoms with E-state index < -0.39 is 24.6 Å². The third-order valence-electron chi connectivity index (χ3n) is 2.92. The summed E-state index contributed by atoms with van der Waals surface area (Å²) in [6.07, 6.45) is -0.470. The fourth-order valence-electron chi connectivity index (χ4n) is 1.79. The van der Waals surface area contributed by atoms with E-state index in [0.717, 1.165) is 12.8 Å². The van der Waals surface area contributed by atoms with E-state index in [2.05, 4.69) is 10.6 Å². The van der Waals surface area contributed by atoms with Crippen LogP contribution in [0.5, 0.6) is 0 Å². The third-order valence-corrected chi connectivity index (χ3v) is 2.92. The van der Waals surface area contributed by atoms with Gasteiger partial charge in [0.1, 0.15) is 0 Å². The van der Waals surface area contributed by atoms with E-state index in [1.54, 1.807) is 18.7 Å². The Bertz CT molecular complexity index is 310. The fraction of sp³-hybridized carbons (Fsp3) is 0.857. The molecule has 0 saturated carbocycles. The molecule has 8 nitrogen and oxygen atoms in total. The Morgan fingerprint density at radius 3 is 1.62 bits per heavy atom. The molecule has 0 aliphatic heterocycles. The van der Waals surface area contributed by atoms with Crippen molar-refractivity contribution < 1.29 is 19.1 Å². The standard InChI is InChI=1S/C14H30N4O4.2ClH/c1-5-8-16-13(19)21-11(3)18(10-7-15)12(4)22-14(20)17-9-6-2;;/h11-12H,5-10,15H2,1-4H3,(H,16,19)(H,17,20);2*1H. The molecule has 0 aromatic rings. The number of amides is 2. The number of rotatable bonds is 10. The average molecular weight is 391 g/mol. The minimum atomic E-state index is -0.561. The van der Waals surface area contributed by atoms with Crippen molar-refractivity contribution in [3.05, 3.63) is 0 Å². The van der Waals surface area contributed by atoms with Gasteiger partial charge >= 0.3 is 12.2 Å². The van der Waals surface area contributed by atoms with E-state index in [9.17, 15) is 9.59 Å². The van der Waals surface area contributed by atoms with Crippen LogP contribution >= 0.6 is 24.8 Å². The van der Waals surface area contributed by atoms with E-state index in [4.69, 9.17) is 15.2 Å². The summed E-state index contributed by atoms with van der Waals surface area (Å²) >= 11 is 0. The predicted molar refractivity (Wildman–Crippen MR) is 98.7 cm³/mol. The van der Waals surface area contributed by atoms with Crippen molar-refractivity contribution in [2.45, 2.75) is 53.0 Å². The van der Waals surface area contributed by atoms with Gasteiger partial charge in [-0.25, -0.2) is 14.5 Å². The lowest BCUT2D eigenvalue weighted by atomic mass is 10.4. The lowest BCUT2D eigenvalue weighted by molar-refractivity contribution is -0.0898. The van der Waals surface area contributed by atoms with Crippen molar-refractivity contribution in [1.29, 1.82) is 0 Å². The number of hydrogen-bond donors (Lipinski definition) is 3. The maximum atomic E-state index is 11.6. The number of carbonyl (C=O) groups excluding carboxylic acids is 2. The molecule has 10 heteroatoms. The van der Waals surface area contributed by atoms with Crippen molar-refractivity contribution in [3.8, 4) is 0 Å². The zero-order chi connectivity index (χ0) is 17.0. The first kappa shape index (κ1) is 27.9. The van der Waals surface area contributed by atoms with Crippen molar-refractivity contribution in [2.75, 3.05) is 26.2 Å². The summed E-state index contributed by atoms with van der Waals surface area (Å²) in [6, 6.07) is 0. The molecule has 2 amide bonds. The highest BCUT2D eigenvalue weighted by atomic mass is 35.5. The van der Waals surface area contributed by atoms with Gasteiger partial charge in [0, 0.05) is 26.2 Å². The minimum absolute atomic E-state index is 0. The molecule has 0 rings (SSSR count). The molecule has 146 valence electrons. The molecule has 4 N–H and O–H groups in total. The number of hydrogen-bond acceptors (Lipinski definition) is 6. The van der Waals surface area contributed by atoms with Crippen LogP contribution in [0.25, 0.3) is 0 Å². The van der Waals surface area contributed by atoms with Crippen molar-refractivity contribution in [1.82, 2.24) is 15.5 Å². The second-order valence-electron chi connectivity index (χ2n) is 4.89. The molecular formula is C14H32Cl2N4O4. The summed E-state index contributed by atoms with van der Waals surface area (Å²) in [4.78, 5) is 24.9. The molecule has 0 fully saturated rings. The van der Waals surface area contributed by atoms with Crippen LogP contribution in [0, 0.1) is 0 Å². The summed E-state index contributed by atoms with van der Waals surface area (Å²) < 4.78 is 10.5. The number of halogens is 2.